The molecule has 2 heterocycles. The molecular formula is C26H27F3N2O3S2. The van der Waals surface area contributed by atoms with Crippen molar-refractivity contribution in [1.29, 1.82) is 0 Å². The predicted octanol–water partition coefficient (Wildman–Crippen LogP) is 5.65. The Labute approximate surface area is 213 Å². The molecule has 2 aromatic carbocycles. The maximum absolute atomic E-state index is 13.7. The fourth-order valence-corrected chi connectivity index (χ4v) is 7.00. The van der Waals surface area contributed by atoms with E-state index in [1.807, 2.05) is 42.6 Å². The minimum Gasteiger partial charge on any atom is -0.330 e. The maximum Gasteiger partial charge on any atom is 0.416 e. The van der Waals surface area contributed by atoms with E-state index in [0.717, 1.165) is 39.2 Å². The first-order valence-electron chi connectivity index (χ1n) is 11.6. The second kappa shape index (κ2) is 10.4. The highest BCUT2D eigenvalue weighted by Crippen LogP contribution is 2.39. The van der Waals surface area contributed by atoms with Gasteiger partial charge in [0.05, 0.1) is 23.0 Å². The van der Waals surface area contributed by atoms with Crippen molar-refractivity contribution in [3.63, 3.8) is 0 Å². The number of nitrogens with zero attached hydrogens (tertiary/aromatic N) is 2. The van der Waals surface area contributed by atoms with Crippen LogP contribution in [0.15, 0.2) is 64.9 Å². The van der Waals surface area contributed by atoms with Gasteiger partial charge in [-0.2, -0.15) is 17.5 Å². The van der Waals surface area contributed by atoms with Crippen LogP contribution in [-0.2, 0) is 27.4 Å². The maximum atomic E-state index is 13.7. The molecule has 4 rings (SSSR count). The van der Waals surface area contributed by atoms with Crippen LogP contribution in [0.1, 0.15) is 46.5 Å². The minimum atomic E-state index is -4.68. The van der Waals surface area contributed by atoms with Crippen LogP contribution in [0.2, 0.25) is 0 Å². The average molecular weight is 537 g/mol. The Bertz CT molecular complexity index is 1350. The summed E-state index contributed by atoms with van der Waals surface area (Å²) in [4.78, 5) is 16.1. The van der Waals surface area contributed by atoms with E-state index in [1.54, 1.807) is 23.2 Å². The van der Waals surface area contributed by atoms with Crippen molar-refractivity contribution < 1.29 is 26.4 Å². The Morgan fingerprint density at radius 1 is 1.11 bits per heavy atom. The summed E-state index contributed by atoms with van der Waals surface area (Å²) in [6.07, 6.45) is -3.61. The number of carbonyl (C=O) groups is 1. The standard InChI is InChI=1S/C26H27F3N2O3S2/c1-3-13-30(36(33,34)20-9-6-8-19(16-20)26(27,28)29)17-24(32)31-14-11-23-22(12-15-35-23)25(31)21-10-5-4-7-18(21)2/h4-10,12,15-16,25H,3,11,13-14,17H2,1-2H3. The number of halogens is 3. The summed E-state index contributed by atoms with van der Waals surface area (Å²) in [6, 6.07) is 13.1. The van der Waals surface area contributed by atoms with E-state index in [-0.39, 0.29) is 18.5 Å². The molecule has 1 aliphatic rings. The number of fused-ring (bicyclic) bond motifs is 1. The molecule has 0 saturated heterocycles. The fourth-order valence-electron chi connectivity index (χ4n) is 4.57. The summed E-state index contributed by atoms with van der Waals surface area (Å²) in [7, 11) is -4.33. The van der Waals surface area contributed by atoms with Gasteiger partial charge in [-0.3, -0.25) is 4.79 Å². The van der Waals surface area contributed by atoms with E-state index in [4.69, 9.17) is 0 Å². The fraction of sp³-hybridized carbons (Fsp3) is 0.346. The highest BCUT2D eigenvalue weighted by molar-refractivity contribution is 7.89. The van der Waals surface area contributed by atoms with Gasteiger partial charge >= 0.3 is 6.18 Å². The molecule has 1 aliphatic heterocycles. The zero-order valence-corrected chi connectivity index (χ0v) is 21.6. The van der Waals surface area contributed by atoms with Crippen LogP contribution in [0.3, 0.4) is 0 Å². The Balaban J connectivity index is 1.67. The normalized spacial score (nSPS) is 16.3. The Kier molecular flexibility index (Phi) is 7.59. The molecule has 10 heteroatoms. The summed E-state index contributed by atoms with van der Waals surface area (Å²) in [6.45, 7) is 3.72. The quantitative estimate of drug-likeness (QED) is 0.392. The van der Waals surface area contributed by atoms with Crippen molar-refractivity contribution in [3.8, 4) is 0 Å². The molecule has 0 saturated carbocycles. The summed E-state index contributed by atoms with van der Waals surface area (Å²) in [5, 5.41) is 1.99. The van der Waals surface area contributed by atoms with Crippen molar-refractivity contribution in [2.24, 2.45) is 0 Å². The first-order valence-corrected chi connectivity index (χ1v) is 13.9. The molecule has 0 bridgehead atoms. The van der Waals surface area contributed by atoms with Gasteiger partial charge in [0.25, 0.3) is 0 Å². The van der Waals surface area contributed by atoms with Crippen molar-refractivity contribution >= 4 is 27.3 Å². The van der Waals surface area contributed by atoms with Crippen molar-refractivity contribution in [1.82, 2.24) is 9.21 Å². The van der Waals surface area contributed by atoms with E-state index < -0.39 is 33.2 Å². The number of rotatable bonds is 7. The predicted molar refractivity (Wildman–Crippen MR) is 133 cm³/mol. The summed E-state index contributed by atoms with van der Waals surface area (Å²) in [5.74, 6) is -0.385. The van der Waals surface area contributed by atoms with Gasteiger partial charge < -0.3 is 4.90 Å². The van der Waals surface area contributed by atoms with E-state index in [1.165, 1.54) is 4.88 Å². The SMILES string of the molecule is CCCN(CC(=O)N1CCc2sccc2C1c1ccccc1C)S(=O)(=O)c1cccc(C(F)(F)F)c1. The molecule has 192 valence electrons. The van der Waals surface area contributed by atoms with Crippen LogP contribution < -0.4 is 0 Å². The van der Waals surface area contributed by atoms with Crippen LogP contribution in [0.4, 0.5) is 13.2 Å². The molecule has 5 nitrogen and oxygen atoms in total. The number of hydrogen-bond acceptors (Lipinski definition) is 4. The third-order valence-corrected chi connectivity index (χ3v) is 9.19. The summed E-state index contributed by atoms with van der Waals surface area (Å²) in [5.41, 5.74) is 1.96. The lowest BCUT2D eigenvalue weighted by molar-refractivity contribution is -0.137. The van der Waals surface area contributed by atoms with Crippen LogP contribution in [0.25, 0.3) is 0 Å². The second-order valence-corrected chi connectivity index (χ2v) is 11.7. The molecule has 0 spiro atoms. The number of hydrogen-bond donors (Lipinski definition) is 0. The molecule has 1 atom stereocenters. The zero-order chi connectivity index (χ0) is 26.1. The first kappa shape index (κ1) is 26.4. The number of thiophene rings is 1. The molecule has 3 aromatic rings. The van der Waals surface area contributed by atoms with Crippen molar-refractivity contribution in [2.75, 3.05) is 19.6 Å². The molecular weight excluding hydrogens is 509 g/mol. The highest BCUT2D eigenvalue weighted by atomic mass is 32.2. The van der Waals surface area contributed by atoms with Gasteiger partial charge in [0.2, 0.25) is 15.9 Å². The minimum absolute atomic E-state index is 0.0108. The molecule has 36 heavy (non-hydrogen) atoms. The van der Waals surface area contributed by atoms with E-state index in [9.17, 15) is 26.4 Å². The number of amides is 1. The smallest absolute Gasteiger partial charge is 0.330 e. The van der Waals surface area contributed by atoms with Crippen LogP contribution in [0.5, 0.6) is 0 Å². The first-order chi connectivity index (χ1) is 17.0. The number of benzene rings is 2. The molecule has 1 unspecified atom stereocenters. The second-order valence-electron chi connectivity index (χ2n) is 8.76. The van der Waals surface area contributed by atoms with Gasteiger partial charge in [0, 0.05) is 18.0 Å². The van der Waals surface area contributed by atoms with Gasteiger partial charge in [0.15, 0.2) is 0 Å². The lowest BCUT2D eigenvalue weighted by Crippen LogP contribution is -2.47. The van der Waals surface area contributed by atoms with E-state index >= 15 is 0 Å². The van der Waals surface area contributed by atoms with E-state index in [0.29, 0.717) is 25.5 Å². The molecule has 1 amide bonds. The van der Waals surface area contributed by atoms with Crippen LogP contribution in [-0.4, -0.2) is 43.2 Å². The molecule has 0 aliphatic carbocycles. The molecule has 0 radical (unpaired) electrons. The number of carbonyl (C=O) groups excluding carboxylic acids is 1. The third kappa shape index (κ3) is 5.21. The third-order valence-electron chi connectivity index (χ3n) is 6.35. The molecule has 0 N–H and O–H groups in total. The lowest BCUT2D eigenvalue weighted by Gasteiger charge is -2.38. The number of sulfonamides is 1. The largest absolute Gasteiger partial charge is 0.416 e. The Morgan fingerprint density at radius 3 is 2.56 bits per heavy atom. The Hall–Kier alpha value is -2.69. The molecule has 1 aromatic heterocycles. The van der Waals surface area contributed by atoms with Gasteiger partial charge in [-0.25, -0.2) is 8.42 Å². The van der Waals surface area contributed by atoms with Crippen LogP contribution >= 0.6 is 11.3 Å². The van der Waals surface area contributed by atoms with Gasteiger partial charge in [-0.1, -0.05) is 37.3 Å². The van der Waals surface area contributed by atoms with Gasteiger partial charge in [-0.05, 0) is 66.1 Å². The lowest BCUT2D eigenvalue weighted by atomic mass is 9.90. The number of aryl methyl sites for hydroxylation is 1. The summed E-state index contributed by atoms with van der Waals surface area (Å²) < 4.78 is 67.4. The monoisotopic (exact) mass is 536 g/mol. The topological polar surface area (TPSA) is 57.7 Å². The van der Waals surface area contributed by atoms with E-state index in [2.05, 4.69) is 0 Å². The molecule has 0 fully saturated rings. The van der Waals surface area contributed by atoms with Gasteiger partial charge in [0.1, 0.15) is 0 Å². The van der Waals surface area contributed by atoms with Crippen LogP contribution in [0, 0.1) is 6.92 Å². The van der Waals surface area contributed by atoms with Crippen molar-refractivity contribution in [2.45, 2.75) is 43.8 Å². The van der Waals surface area contributed by atoms with Crippen molar-refractivity contribution in [3.05, 3.63) is 87.1 Å². The Morgan fingerprint density at radius 2 is 1.86 bits per heavy atom. The summed E-state index contributed by atoms with van der Waals surface area (Å²) >= 11 is 1.63. The zero-order valence-electron chi connectivity index (χ0n) is 20.0. The number of alkyl halides is 3. The average Bonchev–Trinajstić information content (AvgIpc) is 3.32. The highest BCUT2D eigenvalue weighted by Gasteiger charge is 2.37. The van der Waals surface area contributed by atoms with Gasteiger partial charge in [-0.15, -0.1) is 11.3 Å².